The Morgan fingerprint density at radius 1 is 1.30 bits per heavy atom. The Hall–Kier alpha value is -0.210. The second-order valence-corrected chi connectivity index (χ2v) is 7.27. The molecule has 0 aromatic carbocycles. The Morgan fingerprint density at radius 3 is 2.80 bits per heavy atom. The number of piperidine rings is 1. The van der Waals surface area contributed by atoms with Gasteiger partial charge in [0, 0.05) is 26.8 Å². The van der Waals surface area contributed by atoms with Gasteiger partial charge in [-0.15, -0.1) is 0 Å². The molecule has 1 saturated heterocycles. The van der Waals surface area contributed by atoms with Gasteiger partial charge in [-0.25, -0.2) is 12.7 Å². The molecule has 0 spiro atoms. The number of nitrogens with one attached hydrogen (secondary N) is 1. The molecule has 0 radical (unpaired) electrons. The normalized spacial score (nSPS) is 21.2. The molecule has 7 heteroatoms. The Bertz CT molecular complexity index is 348. The molecule has 0 amide bonds. The maximum atomic E-state index is 11.5. The standard InChI is InChI=1S/C13H28N2O4S/c1-18-9-10-19-8-4-6-14-11-13-5-3-7-15(12-13)20(2,16)17/h13-14H,3-12H2,1-2H3. The molecule has 1 atom stereocenters. The largest absolute Gasteiger partial charge is 0.382 e. The fourth-order valence-corrected chi connectivity index (χ4v) is 3.29. The Balaban J connectivity index is 2.04. The average Bonchev–Trinajstić information content (AvgIpc) is 2.41. The van der Waals surface area contributed by atoms with E-state index in [0.29, 0.717) is 32.2 Å². The summed E-state index contributed by atoms with van der Waals surface area (Å²) in [4.78, 5) is 0. The average molecular weight is 308 g/mol. The summed E-state index contributed by atoms with van der Waals surface area (Å²) in [5.41, 5.74) is 0. The highest BCUT2D eigenvalue weighted by Crippen LogP contribution is 2.17. The van der Waals surface area contributed by atoms with Crippen LogP contribution in [0, 0.1) is 5.92 Å². The summed E-state index contributed by atoms with van der Waals surface area (Å²) in [7, 11) is -1.37. The summed E-state index contributed by atoms with van der Waals surface area (Å²) >= 11 is 0. The van der Waals surface area contributed by atoms with Crippen molar-refractivity contribution in [2.75, 3.05) is 59.4 Å². The zero-order valence-electron chi connectivity index (χ0n) is 12.6. The van der Waals surface area contributed by atoms with E-state index in [0.717, 1.165) is 39.0 Å². The Kier molecular flexibility index (Phi) is 8.63. The molecule has 1 aliphatic heterocycles. The lowest BCUT2D eigenvalue weighted by atomic mass is 10.00. The molecule has 0 saturated carbocycles. The van der Waals surface area contributed by atoms with Gasteiger partial charge in [-0.3, -0.25) is 0 Å². The minimum absolute atomic E-state index is 0.424. The summed E-state index contributed by atoms with van der Waals surface area (Å²) in [5, 5.41) is 3.39. The first-order valence-electron chi connectivity index (χ1n) is 7.26. The Labute approximate surface area is 122 Å². The van der Waals surface area contributed by atoms with Crippen molar-refractivity contribution in [1.82, 2.24) is 9.62 Å². The summed E-state index contributed by atoms with van der Waals surface area (Å²) in [6, 6.07) is 0. The first-order chi connectivity index (χ1) is 9.54. The molecule has 1 fully saturated rings. The van der Waals surface area contributed by atoms with E-state index in [9.17, 15) is 8.42 Å². The van der Waals surface area contributed by atoms with Gasteiger partial charge < -0.3 is 14.8 Å². The van der Waals surface area contributed by atoms with Crippen LogP contribution in [-0.4, -0.2) is 72.1 Å². The van der Waals surface area contributed by atoms with Crippen molar-refractivity contribution in [1.29, 1.82) is 0 Å². The van der Waals surface area contributed by atoms with Gasteiger partial charge in [-0.1, -0.05) is 0 Å². The predicted molar refractivity (Wildman–Crippen MR) is 79.3 cm³/mol. The maximum absolute atomic E-state index is 11.5. The molecule has 0 aromatic heterocycles. The first kappa shape index (κ1) is 17.8. The lowest BCUT2D eigenvalue weighted by Crippen LogP contribution is -2.42. The van der Waals surface area contributed by atoms with Gasteiger partial charge in [0.2, 0.25) is 10.0 Å². The number of hydrogen-bond acceptors (Lipinski definition) is 5. The van der Waals surface area contributed by atoms with Gasteiger partial charge in [-0.05, 0) is 38.3 Å². The summed E-state index contributed by atoms with van der Waals surface area (Å²) in [5.74, 6) is 0.424. The molecule has 0 aliphatic carbocycles. The molecule has 1 unspecified atom stereocenters. The number of methoxy groups -OCH3 is 1. The lowest BCUT2D eigenvalue weighted by Gasteiger charge is -2.31. The molecule has 1 aliphatic rings. The SMILES string of the molecule is COCCOCCCNCC1CCCN(S(C)(=O)=O)C1. The quantitative estimate of drug-likeness (QED) is 0.588. The van der Waals surface area contributed by atoms with Crippen LogP contribution in [0.4, 0.5) is 0 Å². The third kappa shape index (κ3) is 7.54. The molecule has 1 rings (SSSR count). The van der Waals surface area contributed by atoms with E-state index in [1.807, 2.05) is 0 Å². The van der Waals surface area contributed by atoms with Crippen LogP contribution < -0.4 is 5.32 Å². The number of rotatable bonds is 10. The summed E-state index contributed by atoms with van der Waals surface area (Å²) in [6.45, 7) is 5.11. The molecule has 1 N–H and O–H groups in total. The third-order valence-electron chi connectivity index (χ3n) is 3.46. The highest BCUT2D eigenvalue weighted by molar-refractivity contribution is 7.88. The van der Waals surface area contributed by atoms with Crippen LogP contribution in [0.1, 0.15) is 19.3 Å². The highest BCUT2D eigenvalue weighted by Gasteiger charge is 2.25. The van der Waals surface area contributed by atoms with Crippen LogP contribution in [0.25, 0.3) is 0 Å². The van der Waals surface area contributed by atoms with Crippen molar-refractivity contribution in [3.8, 4) is 0 Å². The number of nitrogens with zero attached hydrogens (tertiary/aromatic N) is 1. The first-order valence-corrected chi connectivity index (χ1v) is 9.11. The summed E-state index contributed by atoms with van der Waals surface area (Å²) < 4.78 is 34.9. The zero-order chi connectivity index (χ0) is 14.8. The van der Waals surface area contributed by atoms with E-state index in [-0.39, 0.29) is 0 Å². The van der Waals surface area contributed by atoms with Crippen LogP contribution >= 0.6 is 0 Å². The van der Waals surface area contributed by atoms with Crippen LogP contribution in [0.5, 0.6) is 0 Å². The lowest BCUT2D eigenvalue weighted by molar-refractivity contribution is 0.0693. The maximum Gasteiger partial charge on any atom is 0.211 e. The smallest absolute Gasteiger partial charge is 0.211 e. The molecule has 120 valence electrons. The van der Waals surface area contributed by atoms with Gasteiger partial charge >= 0.3 is 0 Å². The highest BCUT2D eigenvalue weighted by atomic mass is 32.2. The van der Waals surface area contributed by atoms with Crippen molar-refractivity contribution in [3.63, 3.8) is 0 Å². The number of ether oxygens (including phenoxy) is 2. The van der Waals surface area contributed by atoms with E-state index in [1.165, 1.54) is 6.26 Å². The van der Waals surface area contributed by atoms with E-state index >= 15 is 0 Å². The van der Waals surface area contributed by atoms with Crippen molar-refractivity contribution < 1.29 is 17.9 Å². The van der Waals surface area contributed by atoms with Crippen molar-refractivity contribution in [3.05, 3.63) is 0 Å². The molecule has 1 heterocycles. The van der Waals surface area contributed by atoms with Crippen molar-refractivity contribution >= 4 is 10.0 Å². The van der Waals surface area contributed by atoms with Gasteiger partial charge in [0.05, 0.1) is 19.5 Å². The van der Waals surface area contributed by atoms with E-state index in [1.54, 1.807) is 11.4 Å². The fourth-order valence-electron chi connectivity index (χ4n) is 2.34. The molecule has 0 bridgehead atoms. The molecule has 0 aromatic rings. The van der Waals surface area contributed by atoms with E-state index in [4.69, 9.17) is 9.47 Å². The second kappa shape index (κ2) is 9.68. The Morgan fingerprint density at radius 2 is 2.10 bits per heavy atom. The molecule has 6 nitrogen and oxygen atoms in total. The number of sulfonamides is 1. The molecule has 20 heavy (non-hydrogen) atoms. The predicted octanol–water partition coefficient (Wildman–Crippen LogP) is 0.301. The minimum Gasteiger partial charge on any atom is -0.382 e. The van der Waals surface area contributed by atoms with E-state index < -0.39 is 10.0 Å². The van der Waals surface area contributed by atoms with Crippen LogP contribution in [-0.2, 0) is 19.5 Å². The second-order valence-electron chi connectivity index (χ2n) is 5.29. The topological polar surface area (TPSA) is 67.9 Å². The monoisotopic (exact) mass is 308 g/mol. The minimum atomic E-state index is -3.03. The summed E-state index contributed by atoms with van der Waals surface area (Å²) in [6.07, 6.45) is 4.31. The van der Waals surface area contributed by atoms with Gasteiger partial charge in [0.15, 0.2) is 0 Å². The van der Waals surface area contributed by atoms with Crippen molar-refractivity contribution in [2.24, 2.45) is 5.92 Å². The fraction of sp³-hybridized carbons (Fsp3) is 1.00. The van der Waals surface area contributed by atoms with Crippen LogP contribution in [0.15, 0.2) is 0 Å². The zero-order valence-corrected chi connectivity index (χ0v) is 13.5. The van der Waals surface area contributed by atoms with Gasteiger partial charge in [0.1, 0.15) is 0 Å². The van der Waals surface area contributed by atoms with Gasteiger partial charge in [0.25, 0.3) is 0 Å². The molecular weight excluding hydrogens is 280 g/mol. The van der Waals surface area contributed by atoms with Crippen molar-refractivity contribution in [2.45, 2.75) is 19.3 Å². The van der Waals surface area contributed by atoms with E-state index in [2.05, 4.69) is 5.32 Å². The van der Waals surface area contributed by atoms with Crippen LogP contribution in [0.2, 0.25) is 0 Å². The van der Waals surface area contributed by atoms with Crippen LogP contribution in [0.3, 0.4) is 0 Å². The number of hydrogen-bond donors (Lipinski definition) is 1. The molecular formula is C13H28N2O4S. The third-order valence-corrected chi connectivity index (χ3v) is 4.73. The van der Waals surface area contributed by atoms with Gasteiger partial charge in [-0.2, -0.15) is 0 Å².